The Morgan fingerprint density at radius 1 is 1.37 bits per heavy atom. The van der Waals surface area contributed by atoms with Crippen molar-refractivity contribution in [1.29, 1.82) is 0 Å². The molecule has 8 nitrogen and oxygen atoms in total. The van der Waals surface area contributed by atoms with E-state index >= 15 is 0 Å². The largest absolute Gasteiger partial charge is 0.488 e. The minimum absolute atomic E-state index is 0. The van der Waals surface area contributed by atoms with Gasteiger partial charge in [0.25, 0.3) is 0 Å². The van der Waals surface area contributed by atoms with E-state index in [1.807, 2.05) is 6.92 Å². The molecular formula is C20H35IN4O4S. The molecule has 0 bridgehead atoms. The summed E-state index contributed by atoms with van der Waals surface area (Å²) in [6, 6.07) is 6.18. The van der Waals surface area contributed by atoms with E-state index in [0.717, 1.165) is 29.9 Å². The standard InChI is InChI=1S/C20H34N4O4S.HI/c1-5-29(25,26)24(4)11-6-10-22-20(21-3)23-14-17-8-7-16(2)13-19(17)28-18-9-12-27-15-18;/h7-8,13,18H,5-6,9-12,14-15H2,1-4H3,(H2,21,22,23);1H. The first-order valence-electron chi connectivity index (χ1n) is 10.1. The van der Waals surface area contributed by atoms with E-state index in [2.05, 4.69) is 33.8 Å². The number of halogens is 1. The summed E-state index contributed by atoms with van der Waals surface area (Å²) in [6.07, 6.45) is 1.70. The van der Waals surface area contributed by atoms with Gasteiger partial charge in [0.05, 0.1) is 19.0 Å². The predicted octanol–water partition coefficient (Wildman–Crippen LogP) is 2.12. The topological polar surface area (TPSA) is 92.3 Å². The maximum Gasteiger partial charge on any atom is 0.213 e. The molecule has 2 N–H and O–H groups in total. The molecule has 172 valence electrons. The van der Waals surface area contributed by atoms with Gasteiger partial charge in [-0.2, -0.15) is 0 Å². The molecule has 1 aliphatic heterocycles. The number of aliphatic imine (C=N–C) groups is 1. The van der Waals surface area contributed by atoms with Gasteiger partial charge in [-0.05, 0) is 31.9 Å². The van der Waals surface area contributed by atoms with E-state index in [9.17, 15) is 8.42 Å². The van der Waals surface area contributed by atoms with E-state index in [1.165, 1.54) is 4.31 Å². The number of aryl methyl sites for hydroxylation is 1. The van der Waals surface area contributed by atoms with Crippen LogP contribution in [0.5, 0.6) is 5.75 Å². The molecule has 0 spiro atoms. The van der Waals surface area contributed by atoms with E-state index in [4.69, 9.17) is 9.47 Å². The third-order valence-corrected chi connectivity index (χ3v) is 6.72. The van der Waals surface area contributed by atoms with Crippen LogP contribution in [0.3, 0.4) is 0 Å². The molecule has 0 radical (unpaired) electrons. The van der Waals surface area contributed by atoms with Crippen molar-refractivity contribution < 1.29 is 17.9 Å². The quantitative estimate of drug-likeness (QED) is 0.199. The molecule has 1 saturated heterocycles. The van der Waals surface area contributed by atoms with Crippen LogP contribution in [0, 0.1) is 6.92 Å². The normalized spacial score (nSPS) is 17.0. The second kappa shape index (κ2) is 13.3. The van der Waals surface area contributed by atoms with Crippen molar-refractivity contribution in [2.45, 2.75) is 39.3 Å². The molecule has 1 unspecified atom stereocenters. The fraction of sp³-hybridized carbons (Fsp3) is 0.650. The molecule has 1 fully saturated rings. The van der Waals surface area contributed by atoms with E-state index < -0.39 is 10.0 Å². The smallest absolute Gasteiger partial charge is 0.213 e. The number of nitrogens with one attached hydrogen (secondary N) is 2. The number of sulfonamides is 1. The number of rotatable bonds is 10. The molecule has 2 rings (SSSR count). The maximum atomic E-state index is 11.8. The Morgan fingerprint density at radius 2 is 2.13 bits per heavy atom. The van der Waals surface area contributed by atoms with Crippen molar-refractivity contribution in [1.82, 2.24) is 14.9 Å². The van der Waals surface area contributed by atoms with Crippen molar-refractivity contribution in [3.05, 3.63) is 29.3 Å². The highest BCUT2D eigenvalue weighted by Gasteiger charge is 2.19. The minimum Gasteiger partial charge on any atom is -0.488 e. The lowest BCUT2D eigenvalue weighted by Gasteiger charge is -2.18. The van der Waals surface area contributed by atoms with Gasteiger partial charge in [0, 0.05) is 45.7 Å². The van der Waals surface area contributed by atoms with Gasteiger partial charge in [-0.25, -0.2) is 12.7 Å². The Hall–Kier alpha value is -1.11. The molecule has 1 aromatic carbocycles. The van der Waals surface area contributed by atoms with Crippen molar-refractivity contribution in [2.24, 2.45) is 4.99 Å². The summed E-state index contributed by atoms with van der Waals surface area (Å²) in [5.41, 5.74) is 2.20. The van der Waals surface area contributed by atoms with Gasteiger partial charge >= 0.3 is 0 Å². The molecular weight excluding hydrogens is 519 g/mol. The number of guanidine groups is 1. The van der Waals surface area contributed by atoms with Crippen LogP contribution in [-0.2, 0) is 21.3 Å². The van der Waals surface area contributed by atoms with Crippen LogP contribution in [0.4, 0.5) is 0 Å². The van der Waals surface area contributed by atoms with Gasteiger partial charge in [-0.1, -0.05) is 12.1 Å². The Balaban J connectivity index is 0.00000450. The minimum atomic E-state index is -3.13. The van der Waals surface area contributed by atoms with Gasteiger partial charge < -0.3 is 20.1 Å². The van der Waals surface area contributed by atoms with Crippen molar-refractivity contribution in [2.75, 3.05) is 46.2 Å². The summed E-state index contributed by atoms with van der Waals surface area (Å²) in [7, 11) is 0.193. The van der Waals surface area contributed by atoms with Crippen LogP contribution in [0.1, 0.15) is 30.9 Å². The molecule has 10 heteroatoms. The lowest BCUT2D eigenvalue weighted by atomic mass is 10.1. The summed E-state index contributed by atoms with van der Waals surface area (Å²) < 4.78 is 36.5. The third kappa shape index (κ3) is 8.56. The van der Waals surface area contributed by atoms with E-state index in [0.29, 0.717) is 38.6 Å². The zero-order valence-corrected chi connectivity index (χ0v) is 21.5. The Morgan fingerprint density at radius 3 is 2.77 bits per heavy atom. The summed E-state index contributed by atoms with van der Waals surface area (Å²) in [4.78, 5) is 4.24. The lowest BCUT2D eigenvalue weighted by Crippen LogP contribution is -2.38. The summed E-state index contributed by atoms with van der Waals surface area (Å²) in [6.45, 7) is 6.75. The van der Waals surface area contributed by atoms with Gasteiger partial charge in [0.15, 0.2) is 5.96 Å². The first-order chi connectivity index (χ1) is 13.9. The van der Waals surface area contributed by atoms with Crippen molar-refractivity contribution in [3.63, 3.8) is 0 Å². The first kappa shape index (κ1) is 26.9. The number of ether oxygens (including phenoxy) is 2. The highest BCUT2D eigenvalue weighted by molar-refractivity contribution is 14.0. The van der Waals surface area contributed by atoms with Crippen LogP contribution >= 0.6 is 24.0 Å². The Bertz CT molecular complexity index is 783. The van der Waals surface area contributed by atoms with Gasteiger partial charge in [-0.3, -0.25) is 4.99 Å². The van der Waals surface area contributed by atoms with E-state index in [-0.39, 0.29) is 35.8 Å². The highest BCUT2D eigenvalue weighted by atomic mass is 127. The summed E-state index contributed by atoms with van der Waals surface area (Å²) >= 11 is 0. The predicted molar refractivity (Wildman–Crippen MR) is 131 cm³/mol. The van der Waals surface area contributed by atoms with Crippen LogP contribution in [0.25, 0.3) is 0 Å². The molecule has 0 aromatic heterocycles. The third-order valence-electron chi connectivity index (χ3n) is 4.86. The van der Waals surface area contributed by atoms with Crippen molar-refractivity contribution >= 4 is 40.0 Å². The number of nitrogens with zero attached hydrogens (tertiary/aromatic N) is 2. The first-order valence-corrected chi connectivity index (χ1v) is 11.7. The molecule has 0 saturated carbocycles. The average Bonchev–Trinajstić information content (AvgIpc) is 3.21. The monoisotopic (exact) mass is 554 g/mol. The second-order valence-electron chi connectivity index (χ2n) is 7.14. The number of benzene rings is 1. The summed E-state index contributed by atoms with van der Waals surface area (Å²) in [5, 5.41) is 6.52. The van der Waals surface area contributed by atoms with Crippen LogP contribution in [0.15, 0.2) is 23.2 Å². The number of hydrogen-bond donors (Lipinski definition) is 2. The SMILES string of the molecule is CCS(=O)(=O)N(C)CCCNC(=NC)NCc1ccc(C)cc1OC1CCOC1.I. The Labute approximate surface area is 197 Å². The number of hydrogen-bond acceptors (Lipinski definition) is 5. The summed E-state index contributed by atoms with van der Waals surface area (Å²) in [5.74, 6) is 1.66. The highest BCUT2D eigenvalue weighted by Crippen LogP contribution is 2.23. The lowest BCUT2D eigenvalue weighted by molar-refractivity contribution is 0.140. The van der Waals surface area contributed by atoms with Crippen LogP contribution in [-0.4, -0.2) is 70.9 Å². The fourth-order valence-corrected chi connectivity index (χ4v) is 3.82. The molecule has 30 heavy (non-hydrogen) atoms. The molecule has 1 aromatic rings. The second-order valence-corrected chi connectivity index (χ2v) is 9.51. The maximum absolute atomic E-state index is 11.8. The van der Waals surface area contributed by atoms with Crippen LogP contribution < -0.4 is 15.4 Å². The molecule has 1 atom stereocenters. The molecule has 1 aliphatic rings. The van der Waals surface area contributed by atoms with Gasteiger partial charge in [-0.15, -0.1) is 24.0 Å². The van der Waals surface area contributed by atoms with Crippen LogP contribution in [0.2, 0.25) is 0 Å². The van der Waals surface area contributed by atoms with Gasteiger partial charge in [0.1, 0.15) is 11.9 Å². The fourth-order valence-electron chi connectivity index (χ4n) is 2.97. The molecule has 1 heterocycles. The zero-order valence-electron chi connectivity index (χ0n) is 18.3. The average molecular weight is 554 g/mol. The zero-order chi connectivity index (χ0) is 21.3. The molecule has 0 amide bonds. The molecule has 0 aliphatic carbocycles. The van der Waals surface area contributed by atoms with Crippen molar-refractivity contribution in [3.8, 4) is 5.75 Å². The van der Waals surface area contributed by atoms with Gasteiger partial charge in [0.2, 0.25) is 10.0 Å². The van der Waals surface area contributed by atoms with E-state index in [1.54, 1.807) is 21.0 Å². The Kier molecular flexibility index (Phi) is 12.0.